The van der Waals surface area contributed by atoms with Gasteiger partial charge in [0.05, 0.1) is 17.9 Å². The number of thiol groups is 1. The minimum Gasteiger partial charge on any atom is -0.495 e. The van der Waals surface area contributed by atoms with Crippen molar-refractivity contribution in [3.8, 4) is 5.75 Å². The lowest BCUT2D eigenvalue weighted by molar-refractivity contribution is -0.127. The van der Waals surface area contributed by atoms with Gasteiger partial charge in [0.1, 0.15) is 5.75 Å². The summed E-state index contributed by atoms with van der Waals surface area (Å²) in [5.41, 5.74) is 0.962. The number of rotatable bonds is 4. The molecule has 0 aliphatic heterocycles. The number of ether oxygens (including phenoxy) is 1. The summed E-state index contributed by atoms with van der Waals surface area (Å²) in [5, 5.41) is 0.548. The normalized spacial score (nSPS) is 10.0. The maximum absolute atomic E-state index is 11.3. The molecule has 0 N–H and O–H groups in total. The van der Waals surface area contributed by atoms with Crippen LogP contribution in [0.25, 0.3) is 0 Å². The summed E-state index contributed by atoms with van der Waals surface area (Å²) in [6.45, 7) is 0.517. The highest BCUT2D eigenvalue weighted by atomic mass is 35.5. The second-order valence-electron chi connectivity index (χ2n) is 3.38. The molecule has 0 radical (unpaired) electrons. The molecule has 16 heavy (non-hydrogen) atoms. The fourth-order valence-electron chi connectivity index (χ4n) is 1.29. The van der Waals surface area contributed by atoms with Gasteiger partial charge in [-0.3, -0.25) is 4.79 Å². The molecule has 0 saturated heterocycles. The van der Waals surface area contributed by atoms with E-state index in [0.29, 0.717) is 17.3 Å². The Bertz CT molecular complexity index is 384. The van der Waals surface area contributed by atoms with Crippen LogP contribution in [-0.4, -0.2) is 30.7 Å². The minimum absolute atomic E-state index is 0.0183. The maximum Gasteiger partial charge on any atom is 0.232 e. The number of carbonyl (C=O) groups excluding carboxylic acids is 1. The van der Waals surface area contributed by atoms with Crippen LogP contribution in [0.2, 0.25) is 5.02 Å². The standard InChI is InChI=1S/C11H14ClNO2S/c1-13(11(14)7-16)6-8-3-4-10(15-2)9(12)5-8/h3-5,16H,6-7H2,1-2H3. The van der Waals surface area contributed by atoms with Crippen molar-refractivity contribution in [2.45, 2.75) is 6.54 Å². The molecule has 0 bridgehead atoms. The fourth-order valence-corrected chi connectivity index (χ4v) is 1.81. The van der Waals surface area contributed by atoms with Crippen molar-refractivity contribution in [2.75, 3.05) is 19.9 Å². The molecule has 1 aromatic carbocycles. The first-order chi connectivity index (χ1) is 7.58. The topological polar surface area (TPSA) is 29.5 Å². The summed E-state index contributed by atoms with van der Waals surface area (Å²) < 4.78 is 5.05. The highest BCUT2D eigenvalue weighted by Crippen LogP contribution is 2.25. The van der Waals surface area contributed by atoms with Gasteiger partial charge in [-0.15, -0.1) is 0 Å². The first kappa shape index (κ1) is 13.2. The number of carbonyl (C=O) groups is 1. The summed E-state index contributed by atoms with van der Waals surface area (Å²) in [6, 6.07) is 5.46. The number of amides is 1. The molecular weight excluding hydrogens is 246 g/mol. The van der Waals surface area contributed by atoms with Crippen LogP contribution < -0.4 is 4.74 Å². The fraction of sp³-hybridized carbons (Fsp3) is 0.364. The molecule has 0 aliphatic rings. The maximum atomic E-state index is 11.3. The van der Waals surface area contributed by atoms with Gasteiger partial charge in [-0.1, -0.05) is 17.7 Å². The van der Waals surface area contributed by atoms with Crippen molar-refractivity contribution in [3.63, 3.8) is 0 Å². The predicted molar refractivity (Wildman–Crippen MR) is 68.3 cm³/mol. The average Bonchev–Trinajstić information content (AvgIpc) is 2.28. The van der Waals surface area contributed by atoms with Crippen LogP contribution in [0.15, 0.2) is 18.2 Å². The highest BCUT2D eigenvalue weighted by Gasteiger charge is 2.08. The Morgan fingerprint density at radius 2 is 2.25 bits per heavy atom. The van der Waals surface area contributed by atoms with Crippen molar-refractivity contribution >= 4 is 30.1 Å². The van der Waals surface area contributed by atoms with E-state index in [-0.39, 0.29) is 11.7 Å². The van der Waals surface area contributed by atoms with Crippen LogP contribution in [0, 0.1) is 0 Å². The van der Waals surface area contributed by atoms with Gasteiger partial charge < -0.3 is 9.64 Å². The van der Waals surface area contributed by atoms with Crippen molar-refractivity contribution in [3.05, 3.63) is 28.8 Å². The van der Waals surface area contributed by atoms with Crippen LogP contribution >= 0.6 is 24.2 Å². The first-order valence-electron chi connectivity index (χ1n) is 4.75. The molecule has 3 nitrogen and oxygen atoms in total. The predicted octanol–water partition coefficient (Wildman–Crippen LogP) is 2.24. The lowest BCUT2D eigenvalue weighted by Gasteiger charge is -2.16. The van der Waals surface area contributed by atoms with E-state index in [0.717, 1.165) is 5.56 Å². The summed E-state index contributed by atoms with van der Waals surface area (Å²) in [4.78, 5) is 12.9. The van der Waals surface area contributed by atoms with Crippen LogP contribution in [0.4, 0.5) is 0 Å². The van der Waals surface area contributed by atoms with E-state index in [2.05, 4.69) is 12.6 Å². The summed E-state index contributed by atoms with van der Waals surface area (Å²) in [5.74, 6) is 0.823. The molecule has 88 valence electrons. The van der Waals surface area contributed by atoms with Gasteiger partial charge in [0.2, 0.25) is 5.91 Å². The molecule has 0 aliphatic carbocycles. The highest BCUT2D eigenvalue weighted by molar-refractivity contribution is 7.81. The largest absolute Gasteiger partial charge is 0.495 e. The zero-order chi connectivity index (χ0) is 12.1. The molecule has 0 fully saturated rings. The third kappa shape index (κ3) is 3.32. The van der Waals surface area contributed by atoms with Crippen LogP contribution in [-0.2, 0) is 11.3 Å². The van der Waals surface area contributed by atoms with Gasteiger partial charge in [0, 0.05) is 13.6 Å². The quantitative estimate of drug-likeness (QED) is 0.841. The molecule has 1 rings (SSSR count). The molecule has 1 amide bonds. The van der Waals surface area contributed by atoms with E-state index in [9.17, 15) is 4.79 Å². The average molecular weight is 260 g/mol. The van der Waals surface area contributed by atoms with Crippen molar-refractivity contribution in [2.24, 2.45) is 0 Å². The molecule has 0 atom stereocenters. The Labute approximate surface area is 106 Å². The van der Waals surface area contributed by atoms with E-state index >= 15 is 0 Å². The zero-order valence-electron chi connectivity index (χ0n) is 9.24. The molecular formula is C11H14ClNO2S. The summed E-state index contributed by atoms with van der Waals surface area (Å²) in [6.07, 6.45) is 0. The number of hydrogen-bond acceptors (Lipinski definition) is 3. The summed E-state index contributed by atoms with van der Waals surface area (Å²) in [7, 11) is 3.30. The molecule has 1 aromatic rings. The van der Waals surface area contributed by atoms with Gasteiger partial charge >= 0.3 is 0 Å². The van der Waals surface area contributed by atoms with E-state index in [1.807, 2.05) is 6.07 Å². The van der Waals surface area contributed by atoms with Crippen molar-refractivity contribution in [1.82, 2.24) is 4.90 Å². The third-order valence-corrected chi connectivity index (χ3v) is 2.76. The monoisotopic (exact) mass is 259 g/mol. The second kappa shape index (κ2) is 6.01. The molecule has 0 heterocycles. The third-order valence-electron chi connectivity index (χ3n) is 2.20. The SMILES string of the molecule is COc1ccc(CN(C)C(=O)CS)cc1Cl. The van der Waals surface area contributed by atoms with Gasteiger partial charge in [-0.2, -0.15) is 12.6 Å². The van der Waals surface area contributed by atoms with E-state index in [1.165, 1.54) is 0 Å². The lowest BCUT2D eigenvalue weighted by atomic mass is 10.2. The smallest absolute Gasteiger partial charge is 0.232 e. The molecule has 0 spiro atoms. The molecule has 5 heteroatoms. The summed E-state index contributed by atoms with van der Waals surface area (Å²) >= 11 is 9.92. The molecule has 0 unspecified atom stereocenters. The Balaban J connectivity index is 2.75. The Morgan fingerprint density at radius 3 is 2.75 bits per heavy atom. The molecule has 0 aromatic heterocycles. The minimum atomic E-state index is -0.0183. The van der Waals surface area contributed by atoms with Crippen LogP contribution in [0.3, 0.4) is 0 Å². The van der Waals surface area contributed by atoms with Crippen LogP contribution in [0.1, 0.15) is 5.56 Å². The lowest BCUT2D eigenvalue weighted by Crippen LogP contribution is -2.27. The Morgan fingerprint density at radius 1 is 1.56 bits per heavy atom. The number of halogens is 1. The van der Waals surface area contributed by atoms with E-state index < -0.39 is 0 Å². The van der Waals surface area contributed by atoms with Crippen LogP contribution in [0.5, 0.6) is 5.75 Å². The zero-order valence-corrected chi connectivity index (χ0v) is 10.9. The number of nitrogens with zero attached hydrogens (tertiary/aromatic N) is 1. The van der Waals surface area contributed by atoms with Gasteiger partial charge in [-0.05, 0) is 17.7 Å². The number of hydrogen-bond donors (Lipinski definition) is 1. The Kier molecular flexibility index (Phi) is 4.96. The van der Waals surface area contributed by atoms with Crippen molar-refractivity contribution in [1.29, 1.82) is 0 Å². The van der Waals surface area contributed by atoms with Gasteiger partial charge in [-0.25, -0.2) is 0 Å². The number of benzene rings is 1. The van der Waals surface area contributed by atoms with Gasteiger partial charge in [0.25, 0.3) is 0 Å². The van der Waals surface area contributed by atoms with Crippen molar-refractivity contribution < 1.29 is 9.53 Å². The van der Waals surface area contributed by atoms with Gasteiger partial charge in [0.15, 0.2) is 0 Å². The number of methoxy groups -OCH3 is 1. The second-order valence-corrected chi connectivity index (χ2v) is 4.10. The van der Waals surface area contributed by atoms with E-state index in [4.69, 9.17) is 16.3 Å². The first-order valence-corrected chi connectivity index (χ1v) is 5.76. The van der Waals surface area contributed by atoms with E-state index in [1.54, 1.807) is 31.2 Å². The Hall–Kier alpha value is -0.870. The molecule has 0 saturated carbocycles.